The minimum atomic E-state index is -0.221. The van der Waals surface area contributed by atoms with Gasteiger partial charge in [0, 0.05) is 17.3 Å². The van der Waals surface area contributed by atoms with Gasteiger partial charge in [-0.2, -0.15) is 0 Å². The van der Waals surface area contributed by atoms with Crippen LogP contribution in [0.2, 0.25) is 0 Å². The van der Waals surface area contributed by atoms with E-state index in [0.717, 1.165) is 17.0 Å². The van der Waals surface area contributed by atoms with E-state index in [9.17, 15) is 4.39 Å². The molecule has 0 bridgehead atoms. The van der Waals surface area contributed by atoms with Gasteiger partial charge in [0.25, 0.3) is 0 Å². The van der Waals surface area contributed by atoms with Crippen molar-refractivity contribution >= 4 is 10.9 Å². The summed E-state index contributed by atoms with van der Waals surface area (Å²) in [6.07, 6.45) is 2.06. The zero-order chi connectivity index (χ0) is 16.7. The van der Waals surface area contributed by atoms with Gasteiger partial charge in [-0.1, -0.05) is 18.2 Å². The summed E-state index contributed by atoms with van der Waals surface area (Å²) in [5.74, 6) is 1.09. The Bertz CT molecular complexity index is 1030. The molecule has 0 radical (unpaired) electrons. The molecule has 0 saturated heterocycles. The number of aromatic nitrogens is 2. The average Bonchev–Trinajstić information content (AvgIpc) is 3.15. The Hall–Kier alpha value is -2.88. The Labute approximate surface area is 139 Å². The molecule has 2 aromatic heterocycles. The van der Waals surface area contributed by atoms with Gasteiger partial charge in [0.1, 0.15) is 17.3 Å². The van der Waals surface area contributed by atoms with Gasteiger partial charge in [-0.3, -0.25) is 0 Å². The summed E-state index contributed by atoms with van der Waals surface area (Å²) >= 11 is 0. The van der Waals surface area contributed by atoms with Gasteiger partial charge in [0.05, 0.1) is 6.54 Å². The minimum absolute atomic E-state index is 0.221. The van der Waals surface area contributed by atoms with Crippen LogP contribution in [0.5, 0.6) is 0 Å². The maximum absolute atomic E-state index is 13.4. The third-order valence-corrected chi connectivity index (χ3v) is 4.30. The molecule has 0 aliphatic carbocycles. The van der Waals surface area contributed by atoms with E-state index in [0.29, 0.717) is 18.0 Å². The van der Waals surface area contributed by atoms with Crippen molar-refractivity contribution in [3.05, 3.63) is 77.6 Å². The molecule has 0 fully saturated rings. The smallest absolute Gasteiger partial charge is 0.226 e. The molecule has 0 amide bonds. The number of fused-ring (bicyclic) bond motifs is 1. The summed E-state index contributed by atoms with van der Waals surface area (Å²) in [4.78, 5) is 4.62. The lowest BCUT2D eigenvalue weighted by molar-refractivity contribution is 0.538. The third kappa shape index (κ3) is 2.50. The normalized spacial score (nSPS) is 11.3. The molecule has 24 heavy (non-hydrogen) atoms. The van der Waals surface area contributed by atoms with E-state index in [2.05, 4.69) is 33.9 Å². The highest BCUT2D eigenvalue weighted by Gasteiger charge is 2.13. The minimum Gasteiger partial charge on any atom is -0.441 e. The van der Waals surface area contributed by atoms with Crippen molar-refractivity contribution in [2.24, 2.45) is 0 Å². The van der Waals surface area contributed by atoms with Gasteiger partial charge < -0.3 is 8.98 Å². The van der Waals surface area contributed by atoms with Crippen LogP contribution in [0.15, 0.2) is 59.1 Å². The quantitative estimate of drug-likeness (QED) is 0.526. The summed E-state index contributed by atoms with van der Waals surface area (Å²) in [5, 5.41) is 1.20. The fourth-order valence-corrected chi connectivity index (χ4v) is 2.92. The van der Waals surface area contributed by atoms with Crippen LogP contribution < -0.4 is 0 Å². The number of hydrogen-bond donors (Lipinski definition) is 0. The van der Waals surface area contributed by atoms with Crippen LogP contribution in [0, 0.1) is 19.7 Å². The molecule has 2 aromatic carbocycles. The van der Waals surface area contributed by atoms with Crippen molar-refractivity contribution in [2.45, 2.75) is 20.4 Å². The highest BCUT2D eigenvalue weighted by atomic mass is 19.1. The molecule has 0 unspecified atom stereocenters. The van der Waals surface area contributed by atoms with Crippen molar-refractivity contribution in [1.82, 2.24) is 9.55 Å². The van der Waals surface area contributed by atoms with Gasteiger partial charge in [0.2, 0.25) is 5.89 Å². The Morgan fingerprint density at radius 1 is 1.08 bits per heavy atom. The Balaban J connectivity index is 1.69. The fourth-order valence-electron chi connectivity index (χ4n) is 2.92. The predicted molar refractivity (Wildman–Crippen MR) is 92.4 cm³/mol. The van der Waals surface area contributed by atoms with Crippen molar-refractivity contribution in [3.8, 4) is 11.5 Å². The molecule has 3 nitrogen and oxygen atoms in total. The first kappa shape index (κ1) is 14.7. The number of para-hydroxylation sites is 1. The van der Waals surface area contributed by atoms with Crippen molar-refractivity contribution in [3.63, 3.8) is 0 Å². The zero-order valence-electron chi connectivity index (χ0n) is 13.6. The van der Waals surface area contributed by atoms with Crippen LogP contribution in [0.1, 0.15) is 17.0 Å². The molecule has 0 saturated carbocycles. The predicted octanol–water partition coefficient (Wildman–Crippen LogP) is 5.10. The zero-order valence-corrected chi connectivity index (χ0v) is 13.6. The largest absolute Gasteiger partial charge is 0.441 e. The van der Waals surface area contributed by atoms with E-state index < -0.39 is 0 Å². The van der Waals surface area contributed by atoms with E-state index in [1.54, 1.807) is 19.1 Å². The third-order valence-electron chi connectivity index (χ3n) is 4.30. The van der Waals surface area contributed by atoms with E-state index in [4.69, 9.17) is 4.42 Å². The van der Waals surface area contributed by atoms with E-state index in [1.165, 1.54) is 17.0 Å². The second-order valence-electron chi connectivity index (χ2n) is 5.99. The monoisotopic (exact) mass is 320 g/mol. The van der Waals surface area contributed by atoms with Gasteiger partial charge >= 0.3 is 0 Å². The SMILES string of the molecule is Cc1cc(-c2nc(Cn3ccc4ccccc43)c(C)o2)ccc1F. The Kier molecular flexibility index (Phi) is 3.45. The number of rotatable bonds is 3. The molecule has 4 heteroatoms. The molecule has 4 aromatic rings. The van der Waals surface area contributed by atoms with E-state index in [-0.39, 0.29) is 5.82 Å². The second-order valence-corrected chi connectivity index (χ2v) is 5.99. The highest BCUT2D eigenvalue weighted by molar-refractivity contribution is 5.80. The second kappa shape index (κ2) is 5.64. The average molecular weight is 320 g/mol. The maximum Gasteiger partial charge on any atom is 0.226 e. The number of aryl methyl sites for hydroxylation is 2. The lowest BCUT2D eigenvalue weighted by Crippen LogP contribution is -1.99. The number of benzene rings is 2. The van der Waals surface area contributed by atoms with Crippen molar-refractivity contribution in [2.75, 3.05) is 0 Å². The first-order valence-electron chi connectivity index (χ1n) is 7.88. The van der Waals surface area contributed by atoms with Gasteiger partial charge in [0.15, 0.2) is 0 Å². The molecular weight excluding hydrogens is 303 g/mol. The summed E-state index contributed by atoms with van der Waals surface area (Å²) in [5.41, 5.74) is 3.43. The Morgan fingerprint density at radius 3 is 2.75 bits per heavy atom. The van der Waals surface area contributed by atoms with Gasteiger partial charge in [-0.25, -0.2) is 9.37 Å². The van der Waals surface area contributed by atoms with Crippen molar-refractivity contribution in [1.29, 1.82) is 0 Å². The molecule has 2 heterocycles. The Morgan fingerprint density at radius 2 is 1.92 bits per heavy atom. The topological polar surface area (TPSA) is 31.0 Å². The number of nitrogens with zero attached hydrogens (tertiary/aromatic N) is 2. The van der Waals surface area contributed by atoms with Crippen LogP contribution >= 0.6 is 0 Å². The summed E-state index contributed by atoms with van der Waals surface area (Å²) < 4.78 is 21.4. The van der Waals surface area contributed by atoms with Gasteiger partial charge in [-0.15, -0.1) is 0 Å². The van der Waals surface area contributed by atoms with Crippen molar-refractivity contribution < 1.29 is 8.81 Å². The number of halogens is 1. The van der Waals surface area contributed by atoms with Crippen LogP contribution in [0.4, 0.5) is 4.39 Å². The molecule has 4 rings (SSSR count). The summed E-state index contributed by atoms with van der Waals surface area (Å²) in [6, 6.07) is 15.2. The summed E-state index contributed by atoms with van der Waals surface area (Å²) in [7, 11) is 0. The maximum atomic E-state index is 13.4. The lowest BCUT2D eigenvalue weighted by atomic mass is 10.1. The van der Waals surface area contributed by atoms with Crippen LogP contribution in [-0.2, 0) is 6.54 Å². The van der Waals surface area contributed by atoms with Crippen LogP contribution in [-0.4, -0.2) is 9.55 Å². The number of hydrogen-bond acceptors (Lipinski definition) is 2. The highest BCUT2D eigenvalue weighted by Crippen LogP contribution is 2.25. The standard InChI is InChI=1S/C20H17FN2O/c1-13-11-16(7-8-17(13)21)20-22-18(14(2)24-20)12-23-10-9-15-5-3-4-6-19(15)23/h3-11H,12H2,1-2H3. The van der Waals surface area contributed by atoms with Crippen LogP contribution in [0.3, 0.4) is 0 Å². The first-order valence-corrected chi connectivity index (χ1v) is 7.88. The molecule has 120 valence electrons. The fraction of sp³-hybridized carbons (Fsp3) is 0.150. The molecule has 0 aliphatic heterocycles. The van der Waals surface area contributed by atoms with Crippen LogP contribution in [0.25, 0.3) is 22.4 Å². The first-order chi connectivity index (χ1) is 11.6. The molecule has 0 spiro atoms. The number of oxazole rings is 1. The molecule has 0 N–H and O–H groups in total. The van der Waals surface area contributed by atoms with Gasteiger partial charge in [-0.05, 0) is 55.1 Å². The van der Waals surface area contributed by atoms with E-state index >= 15 is 0 Å². The molecule has 0 aliphatic rings. The lowest BCUT2D eigenvalue weighted by Gasteiger charge is -2.03. The summed E-state index contributed by atoms with van der Waals surface area (Å²) in [6.45, 7) is 4.29. The van der Waals surface area contributed by atoms with E-state index in [1.807, 2.05) is 19.1 Å². The molecular formula is C20H17FN2O. The molecule has 0 atom stereocenters.